The summed E-state index contributed by atoms with van der Waals surface area (Å²) >= 11 is 6.99. The Labute approximate surface area is 125 Å². The van der Waals surface area contributed by atoms with Gasteiger partial charge in [-0.2, -0.15) is 4.31 Å². The van der Waals surface area contributed by atoms with Gasteiger partial charge in [0.25, 0.3) is 0 Å². The summed E-state index contributed by atoms with van der Waals surface area (Å²) in [5.41, 5.74) is 2.47. The van der Waals surface area contributed by atoms with Crippen molar-refractivity contribution in [2.75, 3.05) is 7.05 Å². The van der Waals surface area contributed by atoms with Crippen molar-refractivity contribution in [3.8, 4) is 0 Å². The lowest BCUT2D eigenvalue weighted by molar-refractivity contribution is 0.462. The summed E-state index contributed by atoms with van der Waals surface area (Å²) in [6.45, 7) is 0.166. The summed E-state index contributed by atoms with van der Waals surface area (Å²) < 4.78 is 39.3. The maximum Gasteiger partial charge on any atom is 0.243 e. The van der Waals surface area contributed by atoms with Crippen LogP contribution in [-0.4, -0.2) is 24.8 Å². The molecule has 0 bridgehead atoms. The van der Waals surface area contributed by atoms with E-state index in [4.69, 9.17) is 11.6 Å². The molecule has 2 rings (SSSR count). The zero-order chi connectivity index (χ0) is 14.8. The summed E-state index contributed by atoms with van der Waals surface area (Å²) in [7, 11) is -2.24. The van der Waals surface area contributed by atoms with Crippen LogP contribution in [0.5, 0.6) is 0 Å². The van der Waals surface area contributed by atoms with Gasteiger partial charge in [0, 0.05) is 18.0 Å². The zero-order valence-corrected chi connectivity index (χ0v) is 13.0. The minimum absolute atomic E-state index is 0.0206. The Bertz CT molecular complexity index is 689. The summed E-state index contributed by atoms with van der Waals surface area (Å²) in [6, 6.07) is 3.61. The number of hydrogen-bond donors (Lipinski definition) is 0. The van der Waals surface area contributed by atoms with E-state index in [1.54, 1.807) is 10.9 Å². The molecule has 0 aliphatic rings. The molecule has 1 heterocycles. The predicted octanol–water partition coefficient (Wildman–Crippen LogP) is 2.84. The van der Waals surface area contributed by atoms with Crippen LogP contribution in [0.3, 0.4) is 0 Å². The van der Waals surface area contributed by atoms with Gasteiger partial charge in [0.15, 0.2) is 0 Å². The fourth-order valence-corrected chi connectivity index (χ4v) is 3.57. The van der Waals surface area contributed by atoms with E-state index < -0.39 is 15.8 Å². The van der Waals surface area contributed by atoms with E-state index in [0.717, 1.165) is 6.07 Å². The molecule has 0 fully saturated rings. The monoisotopic (exact) mass is 334 g/mol. The van der Waals surface area contributed by atoms with E-state index in [-0.39, 0.29) is 22.9 Å². The maximum atomic E-state index is 13.4. The molecule has 0 saturated carbocycles. The van der Waals surface area contributed by atoms with Gasteiger partial charge in [0.05, 0.1) is 28.5 Å². The Balaban J connectivity index is 2.29. The number of halogens is 2. The SMILES string of the molecule is CN(Cc1cscn1)S(=O)(=O)c1ccc(F)c(CCl)c1. The molecule has 20 heavy (non-hydrogen) atoms. The summed E-state index contributed by atoms with van der Waals surface area (Å²) in [5, 5.41) is 1.78. The minimum Gasteiger partial charge on any atom is -0.248 e. The number of aromatic nitrogens is 1. The molecule has 1 aromatic heterocycles. The quantitative estimate of drug-likeness (QED) is 0.790. The first-order valence-electron chi connectivity index (χ1n) is 5.63. The average molecular weight is 335 g/mol. The molecular formula is C12H12ClFN2O2S2. The zero-order valence-electron chi connectivity index (χ0n) is 10.6. The van der Waals surface area contributed by atoms with Crippen molar-refractivity contribution in [1.82, 2.24) is 9.29 Å². The lowest BCUT2D eigenvalue weighted by Crippen LogP contribution is -2.26. The van der Waals surface area contributed by atoms with Gasteiger partial charge in [-0.25, -0.2) is 17.8 Å². The van der Waals surface area contributed by atoms with Crippen molar-refractivity contribution in [3.05, 3.63) is 46.2 Å². The third-order valence-corrected chi connectivity index (χ3v) is 5.46. The van der Waals surface area contributed by atoms with Crippen molar-refractivity contribution in [2.45, 2.75) is 17.3 Å². The van der Waals surface area contributed by atoms with Crippen LogP contribution in [0.1, 0.15) is 11.3 Å². The second-order valence-corrected chi connectivity index (χ2v) is 7.16. The molecule has 0 aliphatic heterocycles. The predicted molar refractivity (Wildman–Crippen MR) is 76.7 cm³/mol. The Morgan fingerprint density at radius 1 is 1.45 bits per heavy atom. The van der Waals surface area contributed by atoms with Gasteiger partial charge in [-0.15, -0.1) is 22.9 Å². The lowest BCUT2D eigenvalue weighted by atomic mass is 10.2. The molecular weight excluding hydrogens is 323 g/mol. The number of alkyl halides is 1. The lowest BCUT2D eigenvalue weighted by Gasteiger charge is -2.16. The van der Waals surface area contributed by atoms with Crippen LogP contribution in [0.2, 0.25) is 0 Å². The first-order valence-corrected chi connectivity index (χ1v) is 8.54. The standard InChI is InChI=1S/C12H12ClFN2O2S2/c1-16(6-10-7-19-8-15-10)20(17,18)11-2-3-12(14)9(4-11)5-13/h2-4,7-8H,5-6H2,1H3. The highest BCUT2D eigenvalue weighted by Crippen LogP contribution is 2.20. The van der Waals surface area contributed by atoms with E-state index in [2.05, 4.69) is 4.98 Å². The van der Waals surface area contributed by atoms with Crippen LogP contribution >= 0.6 is 22.9 Å². The number of sulfonamides is 1. The van der Waals surface area contributed by atoms with Crippen molar-refractivity contribution < 1.29 is 12.8 Å². The van der Waals surface area contributed by atoms with E-state index in [1.165, 1.54) is 34.8 Å². The molecule has 2 aromatic rings. The third kappa shape index (κ3) is 3.17. The first kappa shape index (κ1) is 15.4. The Hall–Kier alpha value is -1.02. The fourth-order valence-electron chi connectivity index (χ4n) is 1.62. The highest BCUT2D eigenvalue weighted by molar-refractivity contribution is 7.89. The normalized spacial score (nSPS) is 12.0. The Morgan fingerprint density at radius 2 is 2.20 bits per heavy atom. The summed E-state index contributed by atoms with van der Waals surface area (Å²) in [4.78, 5) is 4.06. The Morgan fingerprint density at radius 3 is 2.80 bits per heavy atom. The maximum absolute atomic E-state index is 13.4. The van der Waals surface area contributed by atoms with E-state index in [1.807, 2.05) is 0 Å². The molecule has 8 heteroatoms. The van der Waals surface area contributed by atoms with Crippen molar-refractivity contribution in [2.24, 2.45) is 0 Å². The highest BCUT2D eigenvalue weighted by Gasteiger charge is 2.22. The third-order valence-electron chi connectivity index (χ3n) is 2.74. The van der Waals surface area contributed by atoms with Gasteiger partial charge in [-0.3, -0.25) is 0 Å². The number of nitrogens with zero attached hydrogens (tertiary/aromatic N) is 2. The van der Waals surface area contributed by atoms with Crippen LogP contribution in [0.4, 0.5) is 4.39 Å². The first-order chi connectivity index (χ1) is 9.45. The van der Waals surface area contributed by atoms with Crippen LogP contribution in [0.25, 0.3) is 0 Å². The number of hydrogen-bond acceptors (Lipinski definition) is 4. The van der Waals surface area contributed by atoms with Gasteiger partial charge >= 0.3 is 0 Å². The van der Waals surface area contributed by atoms with Gasteiger partial charge < -0.3 is 0 Å². The van der Waals surface area contributed by atoms with Crippen LogP contribution in [0, 0.1) is 5.82 Å². The van der Waals surface area contributed by atoms with Gasteiger partial charge in [0.2, 0.25) is 10.0 Å². The van der Waals surface area contributed by atoms with E-state index >= 15 is 0 Å². The van der Waals surface area contributed by atoms with Crippen molar-refractivity contribution >= 4 is 33.0 Å². The molecule has 0 unspecified atom stereocenters. The van der Waals surface area contributed by atoms with E-state index in [0.29, 0.717) is 5.69 Å². The Kier molecular flexibility index (Phi) is 4.74. The molecule has 0 spiro atoms. The van der Waals surface area contributed by atoms with Crippen molar-refractivity contribution in [3.63, 3.8) is 0 Å². The van der Waals surface area contributed by atoms with Gasteiger partial charge in [-0.05, 0) is 18.2 Å². The van der Waals surface area contributed by atoms with Crippen LogP contribution in [0.15, 0.2) is 34.0 Å². The molecule has 0 radical (unpaired) electrons. The smallest absolute Gasteiger partial charge is 0.243 e. The van der Waals surface area contributed by atoms with Gasteiger partial charge in [0.1, 0.15) is 5.82 Å². The largest absolute Gasteiger partial charge is 0.248 e. The van der Waals surface area contributed by atoms with Crippen LogP contribution in [-0.2, 0) is 22.4 Å². The van der Waals surface area contributed by atoms with Crippen molar-refractivity contribution in [1.29, 1.82) is 0 Å². The van der Waals surface area contributed by atoms with Crippen LogP contribution < -0.4 is 0 Å². The molecule has 4 nitrogen and oxygen atoms in total. The second kappa shape index (κ2) is 6.17. The summed E-state index contributed by atoms with van der Waals surface area (Å²) in [6.07, 6.45) is 0. The van der Waals surface area contributed by atoms with E-state index in [9.17, 15) is 12.8 Å². The molecule has 0 amide bonds. The molecule has 0 saturated heterocycles. The molecule has 1 aromatic carbocycles. The molecule has 0 atom stereocenters. The van der Waals surface area contributed by atoms with Gasteiger partial charge in [-0.1, -0.05) is 0 Å². The molecule has 0 N–H and O–H groups in total. The highest BCUT2D eigenvalue weighted by atomic mass is 35.5. The number of rotatable bonds is 5. The topological polar surface area (TPSA) is 50.3 Å². The number of benzene rings is 1. The molecule has 0 aliphatic carbocycles. The minimum atomic E-state index is -3.69. The fraction of sp³-hybridized carbons (Fsp3) is 0.250. The molecule has 108 valence electrons. The summed E-state index contributed by atoms with van der Waals surface area (Å²) in [5.74, 6) is -0.591. The average Bonchev–Trinajstić information content (AvgIpc) is 2.91. The number of thiazole rings is 1. The second-order valence-electron chi connectivity index (χ2n) is 4.13.